The molecule has 1 unspecified atom stereocenters. The summed E-state index contributed by atoms with van der Waals surface area (Å²) in [5.74, 6) is -1.65. The second kappa shape index (κ2) is 7.53. The number of benzene rings is 1. The maximum absolute atomic E-state index is 13.3. The second-order valence-corrected chi connectivity index (χ2v) is 5.06. The first-order valence-electron chi connectivity index (χ1n) is 6.45. The monoisotopic (exact) mass is 271 g/mol. The Bertz CT molecular complexity index is 396. The van der Waals surface area contributed by atoms with Crippen molar-refractivity contribution in [2.24, 2.45) is 5.73 Å². The molecule has 0 radical (unpaired) electrons. The predicted octanol–water partition coefficient (Wildman–Crippen LogP) is 1.85. The lowest BCUT2D eigenvalue weighted by Crippen LogP contribution is -2.32. The van der Waals surface area contributed by atoms with Crippen molar-refractivity contribution in [3.63, 3.8) is 0 Å². The number of rotatable bonds is 7. The van der Waals surface area contributed by atoms with Crippen LogP contribution in [-0.2, 0) is 0 Å². The van der Waals surface area contributed by atoms with Crippen molar-refractivity contribution in [2.75, 3.05) is 40.8 Å². The molecule has 0 fully saturated rings. The Morgan fingerprint density at radius 3 is 2.32 bits per heavy atom. The van der Waals surface area contributed by atoms with Gasteiger partial charge in [-0.1, -0.05) is 6.07 Å². The minimum Gasteiger partial charge on any atom is -0.329 e. The zero-order valence-electron chi connectivity index (χ0n) is 11.9. The normalized spacial score (nSPS) is 13.3. The van der Waals surface area contributed by atoms with Crippen LogP contribution in [-0.4, -0.2) is 50.6 Å². The zero-order valence-corrected chi connectivity index (χ0v) is 11.9. The number of likely N-dealkylation sites (N-methyl/N-ethyl adjacent to an activating group) is 1. The number of nitrogens with two attached hydrogens (primary N) is 1. The molecular weight excluding hydrogens is 248 g/mol. The van der Waals surface area contributed by atoms with E-state index in [4.69, 9.17) is 5.73 Å². The fraction of sp³-hybridized carbons (Fsp3) is 0.571. The van der Waals surface area contributed by atoms with Crippen LogP contribution in [0.25, 0.3) is 0 Å². The molecule has 0 aliphatic carbocycles. The standard InChI is InChI=1S/C14H23F2N3/c1-18(2)7-4-8-19(3)14(10-17)11-5-6-12(15)13(16)9-11/h5-6,9,14H,4,7-8,10,17H2,1-3H3. The lowest BCUT2D eigenvalue weighted by Gasteiger charge is -2.28. The SMILES string of the molecule is CN(C)CCCN(C)C(CN)c1ccc(F)c(F)c1. The number of hydrogen-bond acceptors (Lipinski definition) is 3. The van der Waals surface area contributed by atoms with Gasteiger partial charge in [0.05, 0.1) is 0 Å². The average molecular weight is 271 g/mol. The molecule has 0 aliphatic heterocycles. The molecule has 2 N–H and O–H groups in total. The smallest absolute Gasteiger partial charge is 0.159 e. The van der Waals surface area contributed by atoms with Crippen LogP contribution in [0.2, 0.25) is 0 Å². The van der Waals surface area contributed by atoms with E-state index in [1.807, 2.05) is 21.1 Å². The first kappa shape index (κ1) is 16.0. The molecule has 1 rings (SSSR count). The summed E-state index contributed by atoms with van der Waals surface area (Å²) in [6.07, 6.45) is 1.00. The molecule has 1 aromatic rings. The van der Waals surface area contributed by atoms with E-state index in [0.29, 0.717) is 12.1 Å². The Morgan fingerprint density at radius 1 is 1.11 bits per heavy atom. The molecule has 3 nitrogen and oxygen atoms in total. The van der Waals surface area contributed by atoms with E-state index in [-0.39, 0.29) is 6.04 Å². The van der Waals surface area contributed by atoms with Gasteiger partial charge in [-0.05, 0) is 58.3 Å². The summed E-state index contributed by atoms with van der Waals surface area (Å²) < 4.78 is 26.2. The zero-order chi connectivity index (χ0) is 14.4. The molecule has 0 amide bonds. The molecule has 0 saturated carbocycles. The highest BCUT2D eigenvalue weighted by Gasteiger charge is 2.16. The number of nitrogens with zero attached hydrogens (tertiary/aromatic N) is 2. The minimum atomic E-state index is -0.824. The molecule has 0 bridgehead atoms. The molecule has 5 heteroatoms. The lowest BCUT2D eigenvalue weighted by molar-refractivity contribution is 0.234. The third-order valence-corrected chi connectivity index (χ3v) is 3.20. The quantitative estimate of drug-likeness (QED) is 0.821. The Balaban J connectivity index is 2.67. The van der Waals surface area contributed by atoms with E-state index in [1.165, 1.54) is 6.07 Å². The van der Waals surface area contributed by atoms with E-state index in [2.05, 4.69) is 9.80 Å². The summed E-state index contributed by atoms with van der Waals surface area (Å²) >= 11 is 0. The van der Waals surface area contributed by atoms with Crippen molar-refractivity contribution < 1.29 is 8.78 Å². The van der Waals surface area contributed by atoms with Crippen LogP contribution in [0.1, 0.15) is 18.0 Å². The van der Waals surface area contributed by atoms with E-state index < -0.39 is 11.6 Å². The topological polar surface area (TPSA) is 32.5 Å². The van der Waals surface area contributed by atoms with Gasteiger partial charge in [-0.3, -0.25) is 4.90 Å². The third-order valence-electron chi connectivity index (χ3n) is 3.20. The number of hydrogen-bond donors (Lipinski definition) is 1. The maximum atomic E-state index is 13.3. The van der Waals surface area contributed by atoms with E-state index >= 15 is 0 Å². The Labute approximate surface area is 114 Å². The van der Waals surface area contributed by atoms with E-state index in [9.17, 15) is 8.78 Å². The van der Waals surface area contributed by atoms with Gasteiger partial charge in [0.1, 0.15) is 0 Å². The molecule has 1 atom stereocenters. The highest BCUT2D eigenvalue weighted by atomic mass is 19.2. The first-order chi connectivity index (χ1) is 8.95. The number of halogens is 2. The largest absolute Gasteiger partial charge is 0.329 e. The van der Waals surface area contributed by atoms with Crippen molar-refractivity contribution in [3.05, 3.63) is 35.4 Å². The summed E-state index contributed by atoms with van der Waals surface area (Å²) in [6.45, 7) is 2.22. The van der Waals surface area contributed by atoms with Crippen molar-refractivity contribution in [3.8, 4) is 0 Å². The fourth-order valence-corrected chi connectivity index (χ4v) is 2.08. The van der Waals surface area contributed by atoms with Crippen LogP contribution >= 0.6 is 0 Å². The molecule has 108 valence electrons. The molecular formula is C14H23F2N3. The molecule has 0 heterocycles. The molecule has 0 aromatic heterocycles. The van der Waals surface area contributed by atoms with Gasteiger partial charge < -0.3 is 10.6 Å². The van der Waals surface area contributed by atoms with E-state index in [0.717, 1.165) is 25.6 Å². The minimum absolute atomic E-state index is 0.0859. The Kier molecular flexibility index (Phi) is 6.34. The maximum Gasteiger partial charge on any atom is 0.159 e. The fourth-order valence-electron chi connectivity index (χ4n) is 2.08. The van der Waals surface area contributed by atoms with Gasteiger partial charge in [0.25, 0.3) is 0 Å². The average Bonchev–Trinajstić information content (AvgIpc) is 2.34. The van der Waals surface area contributed by atoms with Crippen LogP contribution in [0.4, 0.5) is 8.78 Å². The molecule has 0 saturated heterocycles. The molecule has 0 spiro atoms. The lowest BCUT2D eigenvalue weighted by atomic mass is 10.1. The molecule has 1 aromatic carbocycles. The van der Waals surface area contributed by atoms with Crippen LogP contribution in [0.5, 0.6) is 0 Å². The van der Waals surface area contributed by atoms with Gasteiger partial charge in [0, 0.05) is 12.6 Å². The first-order valence-corrected chi connectivity index (χ1v) is 6.45. The summed E-state index contributed by atoms with van der Waals surface area (Å²) in [4.78, 5) is 4.19. The van der Waals surface area contributed by atoms with Gasteiger partial charge >= 0.3 is 0 Å². The van der Waals surface area contributed by atoms with Gasteiger partial charge in [-0.15, -0.1) is 0 Å². The predicted molar refractivity (Wildman–Crippen MR) is 74.0 cm³/mol. The van der Waals surface area contributed by atoms with Gasteiger partial charge in [-0.2, -0.15) is 0 Å². The van der Waals surface area contributed by atoms with E-state index in [1.54, 1.807) is 6.07 Å². The summed E-state index contributed by atoms with van der Waals surface area (Å²) in [5, 5.41) is 0. The Hall–Kier alpha value is -1.04. The van der Waals surface area contributed by atoms with Crippen molar-refractivity contribution in [2.45, 2.75) is 12.5 Å². The summed E-state index contributed by atoms with van der Waals surface area (Å²) in [6, 6.07) is 3.89. The second-order valence-electron chi connectivity index (χ2n) is 5.06. The van der Waals surface area contributed by atoms with Crippen molar-refractivity contribution >= 4 is 0 Å². The summed E-state index contributed by atoms with van der Waals surface area (Å²) in [7, 11) is 6.00. The van der Waals surface area contributed by atoms with Gasteiger partial charge in [0.2, 0.25) is 0 Å². The van der Waals surface area contributed by atoms with Crippen LogP contribution in [0.3, 0.4) is 0 Å². The van der Waals surface area contributed by atoms with Crippen LogP contribution in [0, 0.1) is 11.6 Å². The highest BCUT2D eigenvalue weighted by molar-refractivity contribution is 5.21. The highest BCUT2D eigenvalue weighted by Crippen LogP contribution is 2.20. The van der Waals surface area contributed by atoms with Crippen molar-refractivity contribution in [1.82, 2.24) is 9.80 Å². The molecule has 19 heavy (non-hydrogen) atoms. The van der Waals surface area contributed by atoms with Gasteiger partial charge in [-0.25, -0.2) is 8.78 Å². The van der Waals surface area contributed by atoms with Crippen LogP contribution in [0.15, 0.2) is 18.2 Å². The third kappa shape index (κ3) is 4.86. The Morgan fingerprint density at radius 2 is 1.79 bits per heavy atom. The molecule has 0 aliphatic rings. The van der Waals surface area contributed by atoms with Gasteiger partial charge in [0.15, 0.2) is 11.6 Å². The van der Waals surface area contributed by atoms with Crippen molar-refractivity contribution in [1.29, 1.82) is 0 Å². The summed E-state index contributed by atoms with van der Waals surface area (Å²) in [5.41, 5.74) is 6.47. The van der Waals surface area contributed by atoms with Crippen LogP contribution < -0.4 is 5.73 Å².